The number of carbonyl (C=O) groups excluding carboxylic acids is 2. The lowest BCUT2D eigenvalue weighted by atomic mass is 9.88. The standard InChI is InChI=1S/C40H53N3O7/c1-4-40(2,3)50-39(47)41-34(25-28-10-6-5-7-11-28)35(44)27-31(38(46)42-37-33-13-9-8-12-30(33)26-36(37)45)24-29-14-16-32(17-15-29)49-23-20-43-18-21-48-22-19-43/h5-17,31,34-37,44-45H,4,18-27H2,1-3H3,(H,41,47)(H,42,46)/t31-,34+,35+,36-,37+/m1/s1. The van der Waals surface area contributed by atoms with Gasteiger partial charge in [0.1, 0.15) is 18.0 Å². The van der Waals surface area contributed by atoms with Crippen molar-refractivity contribution in [1.29, 1.82) is 0 Å². The minimum Gasteiger partial charge on any atom is -0.492 e. The Kier molecular flexibility index (Phi) is 13.3. The van der Waals surface area contributed by atoms with Crippen LogP contribution in [0.15, 0.2) is 78.9 Å². The molecule has 3 aromatic carbocycles. The molecule has 10 nitrogen and oxygen atoms in total. The number of aliphatic hydroxyl groups is 2. The molecule has 1 aliphatic heterocycles. The number of amides is 2. The number of alkyl carbamates (subject to hydrolysis) is 1. The van der Waals surface area contributed by atoms with Crippen LogP contribution in [0.5, 0.6) is 5.75 Å². The van der Waals surface area contributed by atoms with Crippen molar-refractivity contribution in [3.63, 3.8) is 0 Å². The molecule has 2 amide bonds. The van der Waals surface area contributed by atoms with E-state index in [2.05, 4.69) is 15.5 Å². The Balaban J connectivity index is 1.31. The molecule has 2 aliphatic rings. The fourth-order valence-corrected chi connectivity index (χ4v) is 6.54. The number of fused-ring (bicyclic) bond motifs is 1. The Morgan fingerprint density at radius 3 is 2.36 bits per heavy atom. The summed E-state index contributed by atoms with van der Waals surface area (Å²) in [4.78, 5) is 29.5. The van der Waals surface area contributed by atoms with E-state index in [0.717, 1.165) is 60.9 Å². The zero-order valence-corrected chi connectivity index (χ0v) is 29.6. The van der Waals surface area contributed by atoms with Gasteiger partial charge in [0.25, 0.3) is 0 Å². The Bertz CT molecular complexity index is 1510. The lowest BCUT2D eigenvalue weighted by Gasteiger charge is -2.30. The van der Waals surface area contributed by atoms with Crippen LogP contribution in [0.4, 0.5) is 4.79 Å². The van der Waals surface area contributed by atoms with Crippen molar-refractivity contribution in [2.24, 2.45) is 5.92 Å². The second-order valence-corrected chi connectivity index (χ2v) is 14.1. The maximum Gasteiger partial charge on any atom is 0.407 e. The van der Waals surface area contributed by atoms with E-state index in [-0.39, 0.29) is 12.3 Å². The maximum absolute atomic E-state index is 14.1. The number of benzene rings is 3. The first-order valence-electron chi connectivity index (χ1n) is 17.9. The third-order valence-corrected chi connectivity index (χ3v) is 9.87. The number of morpholine rings is 1. The summed E-state index contributed by atoms with van der Waals surface area (Å²) in [7, 11) is 0. The zero-order chi connectivity index (χ0) is 35.5. The summed E-state index contributed by atoms with van der Waals surface area (Å²) in [5, 5.41) is 28.7. The largest absolute Gasteiger partial charge is 0.492 e. The van der Waals surface area contributed by atoms with Gasteiger partial charge in [0.05, 0.1) is 37.5 Å². The molecular formula is C40H53N3O7. The van der Waals surface area contributed by atoms with Gasteiger partial charge in [-0.15, -0.1) is 0 Å². The van der Waals surface area contributed by atoms with Gasteiger partial charge in [-0.1, -0.05) is 73.7 Å². The van der Waals surface area contributed by atoms with Crippen molar-refractivity contribution in [1.82, 2.24) is 15.5 Å². The highest BCUT2D eigenvalue weighted by Gasteiger charge is 2.35. The number of hydrogen-bond acceptors (Lipinski definition) is 8. The van der Waals surface area contributed by atoms with Gasteiger partial charge in [-0.3, -0.25) is 9.69 Å². The van der Waals surface area contributed by atoms with Crippen LogP contribution in [0, 0.1) is 5.92 Å². The summed E-state index contributed by atoms with van der Waals surface area (Å²) < 4.78 is 17.1. The third-order valence-electron chi connectivity index (χ3n) is 9.87. The highest BCUT2D eigenvalue weighted by molar-refractivity contribution is 5.80. The Labute approximate surface area is 296 Å². The van der Waals surface area contributed by atoms with Crippen LogP contribution in [0.2, 0.25) is 0 Å². The molecule has 10 heteroatoms. The summed E-state index contributed by atoms with van der Waals surface area (Å²) in [5.41, 5.74) is 3.07. The van der Waals surface area contributed by atoms with Gasteiger partial charge in [0.2, 0.25) is 5.91 Å². The van der Waals surface area contributed by atoms with Crippen molar-refractivity contribution in [3.8, 4) is 5.75 Å². The molecule has 1 aliphatic carbocycles. The number of aliphatic hydroxyl groups excluding tert-OH is 2. The highest BCUT2D eigenvalue weighted by atomic mass is 16.6. The highest BCUT2D eigenvalue weighted by Crippen LogP contribution is 2.32. The molecule has 0 bridgehead atoms. The van der Waals surface area contributed by atoms with Crippen LogP contribution in [0.1, 0.15) is 61.9 Å². The molecule has 4 N–H and O–H groups in total. The fourth-order valence-electron chi connectivity index (χ4n) is 6.54. The molecule has 1 saturated heterocycles. The monoisotopic (exact) mass is 687 g/mol. The van der Waals surface area contributed by atoms with E-state index in [1.807, 2.05) is 99.6 Å². The number of rotatable bonds is 16. The molecule has 1 fully saturated rings. The van der Waals surface area contributed by atoms with Gasteiger partial charge in [0, 0.05) is 32.0 Å². The zero-order valence-electron chi connectivity index (χ0n) is 29.6. The predicted molar refractivity (Wildman–Crippen MR) is 192 cm³/mol. The minimum atomic E-state index is -1.08. The average molecular weight is 688 g/mol. The molecule has 270 valence electrons. The summed E-state index contributed by atoms with van der Waals surface area (Å²) in [6.07, 6.45) is -0.595. The second kappa shape index (κ2) is 17.8. The second-order valence-electron chi connectivity index (χ2n) is 14.1. The first-order chi connectivity index (χ1) is 24.1. The minimum absolute atomic E-state index is 0.0725. The van der Waals surface area contributed by atoms with Crippen LogP contribution >= 0.6 is 0 Å². The van der Waals surface area contributed by atoms with Crippen LogP contribution < -0.4 is 15.4 Å². The molecule has 0 spiro atoms. The van der Waals surface area contributed by atoms with Crippen LogP contribution in [0.3, 0.4) is 0 Å². The van der Waals surface area contributed by atoms with E-state index in [0.29, 0.717) is 32.3 Å². The summed E-state index contributed by atoms with van der Waals surface area (Å²) >= 11 is 0. The third kappa shape index (κ3) is 10.8. The average Bonchev–Trinajstić information content (AvgIpc) is 3.43. The molecule has 3 aromatic rings. The summed E-state index contributed by atoms with van der Waals surface area (Å²) in [6, 6.07) is 23.8. The van der Waals surface area contributed by atoms with Crippen molar-refractivity contribution in [2.45, 2.75) is 82.8 Å². The molecule has 0 aromatic heterocycles. The Hall–Kier alpha value is -3.96. The molecule has 50 heavy (non-hydrogen) atoms. The Morgan fingerprint density at radius 2 is 1.64 bits per heavy atom. The smallest absolute Gasteiger partial charge is 0.407 e. The molecule has 0 saturated carbocycles. The van der Waals surface area contributed by atoms with Crippen LogP contribution in [0.25, 0.3) is 0 Å². The van der Waals surface area contributed by atoms with Gasteiger partial charge in [-0.05, 0) is 73.9 Å². The van der Waals surface area contributed by atoms with Gasteiger partial charge in [-0.2, -0.15) is 0 Å². The first-order valence-corrected chi connectivity index (χ1v) is 17.9. The SMILES string of the molecule is CCC(C)(C)OC(=O)N[C@@H](Cc1ccccc1)[C@@H](O)C[C@@H](Cc1ccc(OCCN2CCOCC2)cc1)C(=O)N[C@H]1c2ccccc2C[C@H]1O. The number of hydrogen-bond donors (Lipinski definition) is 4. The lowest BCUT2D eigenvalue weighted by molar-refractivity contribution is -0.127. The van der Waals surface area contributed by atoms with E-state index in [9.17, 15) is 19.8 Å². The molecule has 0 radical (unpaired) electrons. The molecule has 5 rings (SSSR count). The maximum atomic E-state index is 14.1. The Morgan fingerprint density at radius 1 is 0.960 bits per heavy atom. The van der Waals surface area contributed by atoms with Crippen LogP contribution in [-0.4, -0.2) is 90.4 Å². The first kappa shape index (κ1) is 37.3. The predicted octanol–water partition coefficient (Wildman–Crippen LogP) is 4.61. The quantitative estimate of drug-likeness (QED) is 0.172. The summed E-state index contributed by atoms with van der Waals surface area (Å²) in [5.74, 6) is -0.195. The van der Waals surface area contributed by atoms with E-state index in [4.69, 9.17) is 14.2 Å². The fraction of sp³-hybridized carbons (Fsp3) is 0.500. The lowest BCUT2D eigenvalue weighted by Crippen LogP contribution is -2.49. The number of carbonyl (C=O) groups is 2. The van der Waals surface area contributed by atoms with Crippen molar-refractivity contribution >= 4 is 12.0 Å². The van der Waals surface area contributed by atoms with E-state index in [1.54, 1.807) is 0 Å². The van der Waals surface area contributed by atoms with Gasteiger partial charge >= 0.3 is 6.09 Å². The van der Waals surface area contributed by atoms with Gasteiger partial charge < -0.3 is 35.1 Å². The topological polar surface area (TPSA) is 130 Å². The normalized spacial score (nSPS) is 19.5. The van der Waals surface area contributed by atoms with Crippen LogP contribution in [-0.2, 0) is 33.5 Å². The number of nitrogens with zero attached hydrogens (tertiary/aromatic N) is 1. The number of ether oxygens (including phenoxy) is 3. The van der Waals surface area contributed by atoms with Gasteiger partial charge in [0.15, 0.2) is 0 Å². The van der Waals surface area contributed by atoms with E-state index >= 15 is 0 Å². The van der Waals surface area contributed by atoms with E-state index in [1.165, 1.54) is 0 Å². The molecule has 0 unspecified atom stereocenters. The van der Waals surface area contributed by atoms with Crippen molar-refractivity contribution < 1.29 is 34.0 Å². The van der Waals surface area contributed by atoms with Crippen molar-refractivity contribution in [3.05, 3.63) is 101 Å². The molecular weight excluding hydrogens is 634 g/mol. The molecule has 5 atom stereocenters. The van der Waals surface area contributed by atoms with E-state index < -0.39 is 41.9 Å². The van der Waals surface area contributed by atoms with Crippen molar-refractivity contribution in [2.75, 3.05) is 39.5 Å². The molecule has 1 heterocycles. The number of nitrogens with one attached hydrogen (secondary N) is 2. The summed E-state index contributed by atoms with van der Waals surface area (Å²) in [6.45, 7) is 10.3. The van der Waals surface area contributed by atoms with Gasteiger partial charge in [-0.25, -0.2) is 4.79 Å².